The zero-order valence-electron chi connectivity index (χ0n) is 17.5. The molecular formula is C24H30ClFN2O2. The van der Waals surface area contributed by atoms with Crippen molar-refractivity contribution in [1.82, 2.24) is 10.3 Å². The van der Waals surface area contributed by atoms with Gasteiger partial charge in [-0.3, -0.25) is 0 Å². The minimum Gasteiger partial charge on any atom is -0.496 e. The average Bonchev–Trinajstić information content (AvgIpc) is 3.15. The summed E-state index contributed by atoms with van der Waals surface area (Å²) in [5, 5.41) is 4.71. The summed E-state index contributed by atoms with van der Waals surface area (Å²) in [6.45, 7) is 3.88. The highest BCUT2D eigenvalue weighted by atomic mass is 35.5. The van der Waals surface area contributed by atoms with Gasteiger partial charge in [0.15, 0.2) is 0 Å². The molecule has 0 bridgehead atoms. The number of hydrogen-bond acceptors (Lipinski definition) is 3. The Hall–Kier alpha value is -2.24. The summed E-state index contributed by atoms with van der Waals surface area (Å²) in [5.74, 6) is 2.09. The fourth-order valence-electron chi connectivity index (χ4n) is 4.42. The smallest absolute Gasteiger partial charge is 0.126 e. The summed E-state index contributed by atoms with van der Waals surface area (Å²) in [6, 6.07) is 11.3. The number of fused-ring (bicyclic) bond motifs is 2. The zero-order chi connectivity index (χ0) is 20.2. The Morgan fingerprint density at radius 3 is 2.97 bits per heavy atom. The van der Waals surface area contributed by atoms with Gasteiger partial charge in [0.25, 0.3) is 0 Å². The molecule has 2 atom stereocenters. The van der Waals surface area contributed by atoms with Crippen molar-refractivity contribution >= 4 is 23.3 Å². The maximum atomic E-state index is 13.6. The van der Waals surface area contributed by atoms with E-state index >= 15 is 0 Å². The third-order valence-corrected chi connectivity index (χ3v) is 6.00. The Kier molecular flexibility index (Phi) is 7.62. The number of aryl methyl sites for hydroxylation is 1. The van der Waals surface area contributed by atoms with Gasteiger partial charge in [0.2, 0.25) is 0 Å². The molecule has 3 aromatic rings. The SMILES string of the molecule is CCC(NCCCc1c[nH]c2ccc(F)cc12)[C@H]1COc2cccc(OC)c2C1.Cl. The van der Waals surface area contributed by atoms with Gasteiger partial charge in [-0.25, -0.2) is 4.39 Å². The van der Waals surface area contributed by atoms with E-state index in [0.717, 1.165) is 61.2 Å². The fourth-order valence-corrected chi connectivity index (χ4v) is 4.42. The molecule has 2 heterocycles. The first-order valence-corrected chi connectivity index (χ1v) is 10.5. The van der Waals surface area contributed by atoms with Crippen LogP contribution in [-0.4, -0.2) is 31.3 Å². The Morgan fingerprint density at radius 2 is 2.17 bits per heavy atom. The molecule has 0 amide bonds. The lowest BCUT2D eigenvalue weighted by Crippen LogP contribution is -2.41. The summed E-state index contributed by atoms with van der Waals surface area (Å²) >= 11 is 0. The molecule has 0 radical (unpaired) electrons. The summed E-state index contributed by atoms with van der Waals surface area (Å²) in [4.78, 5) is 3.23. The Labute approximate surface area is 183 Å². The Bertz CT molecular complexity index is 961. The van der Waals surface area contributed by atoms with Gasteiger partial charge in [-0.15, -0.1) is 12.4 Å². The second-order valence-corrected chi connectivity index (χ2v) is 7.79. The minimum atomic E-state index is -0.185. The number of aromatic amines is 1. The second kappa shape index (κ2) is 10.2. The number of ether oxygens (including phenoxy) is 2. The molecule has 1 aliphatic heterocycles. The first-order valence-electron chi connectivity index (χ1n) is 10.5. The molecule has 4 rings (SSSR count). The molecule has 0 saturated carbocycles. The van der Waals surface area contributed by atoms with Crippen molar-refractivity contribution in [3.05, 3.63) is 59.5 Å². The Morgan fingerprint density at radius 1 is 1.30 bits per heavy atom. The summed E-state index contributed by atoms with van der Waals surface area (Å²) < 4.78 is 25.1. The van der Waals surface area contributed by atoms with Gasteiger partial charge in [-0.05, 0) is 68.1 Å². The van der Waals surface area contributed by atoms with Crippen molar-refractivity contribution in [2.75, 3.05) is 20.3 Å². The van der Waals surface area contributed by atoms with Crippen molar-refractivity contribution in [1.29, 1.82) is 0 Å². The van der Waals surface area contributed by atoms with Crippen LogP contribution in [-0.2, 0) is 12.8 Å². The molecule has 0 spiro atoms. The lowest BCUT2D eigenvalue weighted by molar-refractivity contribution is 0.178. The first kappa shape index (κ1) is 22.4. The Balaban J connectivity index is 0.00000256. The van der Waals surface area contributed by atoms with Crippen LogP contribution in [0.2, 0.25) is 0 Å². The molecule has 30 heavy (non-hydrogen) atoms. The van der Waals surface area contributed by atoms with Crippen LogP contribution in [0.1, 0.15) is 30.9 Å². The van der Waals surface area contributed by atoms with Crippen LogP contribution < -0.4 is 14.8 Å². The predicted octanol–water partition coefficient (Wildman–Crippen LogP) is 5.29. The van der Waals surface area contributed by atoms with Crippen molar-refractivity contribution in [2.45, 2.75) is 38.6 Å². The van der Waals surface area contributed by atoms with Crippen molar-refractivity contribution in [3.8, 4) is 11.5 Å². The van der Waals surface area contributed by atoms with E-state index in [1.165, 1.54) is 17.2 Å². The van der Waals surface area contributed by atoms with E-state index in [4.69, 9.17) is 9.47 Å². The molecular weight excluding hydrogens is 403 g/mol. The van der Waals surface area contributed by atoms with Crippen molar-refractivity contribution in [3.63, 3.8) is 0 Å². The van der Waals surface area contributed by atoms with E-state index in [0.29, 0.717) is 12.0 Å². The molecule has 0 fully saturated rings. The molecule has 2 aromatic carbocycles. The highest BCUT2D eigenvalue weighted by molar-refractivity contribution is 5.85. The van der Waals surface area contributed by atoms with Crippen LogP contribution >= 0.6 is 12.4 Å². The van der Waals surface area contributed by atoms with Crippen LogP contribution in [0.3, 0.4) is 0 Å². The molecule has 2 N–H and O–H groups in total. The fraction of sp³-hybridized carbons (Fsp3) is 0.417. The van der Waals surface area contributed by atoms with Crippen LogP contribution in [0.4, 0.5) is 4.39 Å². The number of benzene rings is 2. The number of halogens is 2. The highest BCUT2D eigenvalue weighted by Gasteiger charge is 2.28. The quantitative estimate of drug-likeness (QED) is 0.475. The lowest BCUT2D eigenvalue weighted by Gasteiger charge is -2.32. The van der Waals surface area contributed by atoms with Gasteiger partial charge >= 0.3 is 0 Å². The molecule has 1 aromatic heterocycles. The first-order chi connectivity index (χ1) is 14.2. The number of aromatic nitrogens is 1. The van der Waals surface area contributed by atoms with Crippen LogP contribution in [0.15, 0.2) is 42.6 Å². The van der Waals surface area contributed by atoms with E-state index in [1.54, 1.807) is 19.2 Å². The normalized spacial score (nSPS) is 16.4. The third kappa shape index (κ3) is 4.73. The number of nitrogens with one attached hydrogen (secondary N) is 2. The van der Waals surface area contributed by atoms with E-state index < -0.39 is 0 Å². The molecule has 0 aliphatic carbocycles. The van der Waals surface area contributed by atoms with Crippen molar-refractivity contribution in [2.24, 2.45) is 5.92 Å². The summed E-state index contributed by atoms with van der Waals surface area (Å²) in [5.41, 5.74) is 3.34. The predicted molar refractivity (Wildman–Crippen MR) is 122 cm³/mol. The van der Waals surface area contributed by atoms with Gasteiger partial charge in [-0.2, -0.15) is 0 Å². The van der Waals surface area contributed by atoms with Gasteiger partial charge in [0.05, 0.1) is 13.7 Å². The van der Waals surface area contributed by atoms with Gasteiger partial charge < -0.3 is 19.8 Å². The molecule has 6 heteroatoms. The standard InChI is InChI=1S/C24H29FN2O2.ClH/c1-3-21(17-12-20-23(28-2)7-4-8-24(20)29-15-17)26-11-5-6-16-14-27-22-10-9-18(25)13-19(16)22;/h4,7-10,13-14,17,21,26-27H,3,5-6,11-12,15H2,1-2H3;1H/t17-,21?;/m1./s1. The largest absolute Gasteiger partial charge is 0.496 e. The average molecular weight is 433 g/mol. The summed E-state index contributed by atoms with van der Waals surface area (Å²) in [6.07, 6.45) is 5.95. The summed E-state index contributed by atoms with van der Waals surface area (Å²) in [7, 11) is 1.71. The van der Waals surface area contributed by atoms with E-state index in [2.05, 4.69) is 17.2 Å². The number of hydrogen-bond donors (Lipinski definition) is 2. The topological polar surface area (TPSA) is 46.3 Å². The third-order valence-electron chi connectivity index (χ3n) is 6.00. The van der Waals surface area contributed by atoms with E-state index in [9.17, 15) is 4.39 Å². The molecule has 162 valence electrons. The molecule has 4 nitrogen and oxygen atoms in total. The molecule has 0 saturated heterocycles. The van der Waals surface area contributed by atoms with E-state index in [-0.39, 0.29) is 18.2 Å². The van der Waals surface area contributed by atoms with Gasteiger partial charge in [0, 0.05) is 34.6 Å². The minimum absolute atomic E-state index is 0. The molecule has 1 unspecified atom stereocenters. The number of methoxy groups -OCH3 is 1. The number of rotatable bonds is 8. The monoisotopic (exact) mass is 432 g/mol. The maximum absolute atomic E-state index is 13.6. The number of H-pyrrole nitrogens is 1. The zero-order valence-corrected chi connectivity index (χ0v) is 18.4. The van der Waals surface area contributed by atoms with Crippen LogP contribution in [0, 0.1) is 11.7 Å². The second-order valence-electron chi connectivity index (χ2n) is 7.79. The van der Waals surface area contributed by atoms with Crippen molar-refractivity contribution < 1.29 is 13.9 Å². The maximum Gasteiger partial charge on any atom is 0.126 e. The molecule has 1 aliphatic rings. The van der Waals surface area contributed by atoms with Crippen LogP contribution in [0.25, 0.3) is 10.9 Å². The van der Waals surface area contributed by atoms with Crippen LogP contribution in [0.5, 0.6) is 11.5 Å². The van der Waals surface area contributed by atoms with Gasteiger partial charge in [0.1, 0.15) is 17.3 Å². The van der Waals surface area contributed by atoms with E-state index in [1.807, 2.05) is 24.4 Å². The lowest BCUT2D eigenvalue weighted by atomic mass is 9.88. The highest BCUT2D eigenvalue weighted by Crippen LogP contribution is 2.35. The van der Waals surface area contributed by atoms with Gasteiger partial charge in [-0.1, -0.05) is 13.0 Å².